The van der Waals surface area contributed by atoms with Crippen molar-refractivity contribution in [1.29, 1.82) is 0 Å². The molecule has 0 spiro atoms. The zero-order valence-corrected chi connectivity index (χ0v) is 12.8. The molecule has 0 bridgehead atoms. The maximum Gasteiger partial charge on any atom is 0.416 e. The van der Waals surface area contributed by atoms with Gasteiger partial charge in [-0.05, 0) is 36.4 Å². The number of rotatable bonds is 5. The molecule has 0 amide bonds. The molecule has 128 valence electrons. The number of hydrogen-bond donors (Lipinski definition) is 2. The summed E-state index contributed by atoms with van der Waals surface area (Å²) in [5.74, 6) is 0.640. The molecule has 1 aromatic carbocycles. The Hall–Kier alpha value is -3.23. The van der Waals surface area contributed by atoms with E-state index in [9.17, 15) is 13.2 Å². The number of hydrogen-bond acceptors (Lipinski definition) is 6. The van der Waals surface area contributed by atoms with Crippen LogP contribution >= 0.6 is 0 Å². The minimum Gasteiger partial charge on any atom is -0.363 e. The van der Waals surface area contributed by atoms with E-state index in [0.29, 0.717) is 18.1 Å². The Labute approximate surface area is 141 Å². The molecule has 0 aliphatic rings. The van der Waals surface area contributed by atoms with Gasteiger partial charge >= 0.3 is 6.18 Å². The van der Waals surface area contributed by atoms with Crippen LogP contribution in [0.5, 0.6) is 0 Å². The van der Waals surface area contributed by atoms with Crippen LogP contribution < -0.4 is 10.6 Å². The van der Waals surface area contributed by atoms with Crippen LogP contribution in [0.25, 0.3) is 0 Å². The molecule has 9 heteroatoms. The minimum absolute atomic E-state index is 0.172. The van der Waals surface area contributed by atoms with Crippen molar-refractivity contribution < 1.29 is 13.2 Å². The maximum atomic E-state index is 12.6. The SMILES string of the molecule is FC(F)(F)c1ccc(Nc2nncc(NCc3ccccn3)n2)cc1. The summed E-state index contributed by atoms with van der Waals surface area (Å²) in [4.78, 5) is 8.39. The van der Waals surface area contributed by atoms with E-state index in [1.807, 2.05) is 18.2 Å². The first-order valence-corrected chi connectivity index (χ1v) is 7.28. The molecule has 2 aromatic heterocycles. The number of nitrogens with zero attached hydrogens (tertiary/aromatic N) is 4. The average molecular weight is 346 g/mol. The van der Waals surface area contributed by atoms with Crippen molar-refractivity contribution in [2.24, 2.45) is 0 Å². The minimum atomic E-state index is -4.37. The lowest BCUT2D eigenvalue weighted by molar-refractivity contribution is -0.137. The Kier molecular flexibility index (Phi) is 4.73. The molecule has 3 aromatic rings. The molecule has 0 radical (unpaired) electrons. The molecule has 25 heavy (non-hydrogen) atoms. The molecule has 0 unspecified atom stereocenters. The lowest BCUT2D eigenvalue weighted by Gasteiger charge is -2.09. The number of alkyl halides is 3. The van der Waals surface area contributed by atoms with Crippen LogP contribution in [0, 0.1) is 0 Å². The fraction of sp³-hybridized carbons (Fsp3) is 0.125. The van der Waals surface area contributed by atoms with Crippen molar-refractivity contribution >= 4 is 17.5 Å². The van der Waals surface area contributed by atoms with Crippen molar-refractivity contribution in [3.63, 3.8) is 0 Å². The van der Waals surface area contributed by atoms with E-state index < -0.39 is 11.7 Å². The summed E-state index contributed by atoms with van der Waals surface area (Å²) in [7, 11) is 0. The number of nitrogens with one attached hydrogen (secondary N) is 2. The first kappa shape index (κ1) is 16.6. The Bertz CT molecular complexity index is 821. The van der Waals surface area contributed by atoms with E-state index in [1.54, 1.807) is 6.20 Å². The Morgan fingerprint density at radius 3 is 2.48 bits per heavy atom. The molecule has 0 fully saturated rings. The predicted octanol–water partition coefficient (Wildman–Crippen LogP) is 3.64. The van der Waals surface area contributed by atoms with Crippen LogP contribution in [0.3, 0.4) is 0 Å². The van der Waals surface area contributed by atoms with E-state index in [1.165, 1.54) is 18.3 Å². The molecule has 0 saturated carbocycles. The van der Waals surface area contributed by atoms with Crippen molar-refractivity contribution in [2.45, 2.75) is 12.7 Å². The second-order valence-corrected chi connectivity index (χ2v) is 5.04. The molecule has 2 heterocycles. The standard InChI is InChI=1S/C16H13F3N6/c17-16(18,19)11-4-6-12(7-5-11)23-15-24-14(10-22-25-15)21-9-13-3-1-2-8-20-13/h1-8,10H,9H2,(H2,21,23,24,25). The number of halogens is 3. The molecule has 0 saturated heterocycles. The topological polar surface area (TPSA) is 75.6 Å². The summed E-state index contributed by atoms with van der Waals surface area (Å²) in [6.45, 7) is 0.458. The Morgan fingerprint density at radius 2 is 1.80 bits per heavy atom. The molecule has 0 aliphatic carbocycles. The second kappa shape index (κ2) is 7.12. The number of pyridine rings is 1. The summed E-state index contributed by atoms with van der Waals surface area (Å²) in [5, 5.41) is 13.5. The molecule has 3 rings (SSSR count). The number of benzene rings is 1. The van der Waals surface area contributed by atoms with Gasteiger partial charge in [0.15, 0.2) is 5.82 Å². The van der Waals surface area contributed by atoms with Crippen LogP contribution in [-0.4, -0.2) is 20.2 Å². The molecular formula is C16H13F3N6. The van der Waals surface area contributed by atoms with Crippen LogP contribution in [0.1, 0.15) is 11.3 Å². The van der Waals surface area contributed by atoms with Gasteiger partial charge in [-0.25, -0.2) is 0 Å². The van der Waals surface area contributed by atoms with Gasteiger partial charge in [0.1, 0.15) is 0 Å². The number of aromatic nitrogens is 4. The zero-order chi connectivity index (χ0) is 17.7. The zero-order valence-electron chi connectivity index (χ0n) is 12.8. The highest BCUT2D eigenvalue weighted by Gasteiger charge is 2.29. The third-order valence-electron chi connectivity index (χ3n) is 3.20. The monoisotopic (exact) mass is 346 g/mol. The van der Waals surface area contributed by atoms with Gasteiger partial charge in [-0.3, -0.25) is 4.98 Å². The van der Waals surface area contributed by atoms with E-state index in [-0.39, 0.29) is 5.95 Å². The summed E-state index contributed by atoms with van der Waals surface area (Å²) < 4.78 is 37.7. The molecular weight excluding hydrogens is 333 g/mol. The van der Waals surface area contributed by atoms with Gasteiger partial charge in [0.05, 0.1) is 24.0 Å². The number of anilines is 3. The van der Waals surface area contributed by atoms with Crippen molar-refractivity contribution in [3.8, 4) is 0 Å². The molecule has 0 aliphatic heterocycles. The van der Waals surface area contributed by atoms with E-state index >= 15 is 0 Å². The fourth-order valence-electron chi connectivity index (χ4n) is 2.00. The van der Waals surface area contributed by atoms with Crippen LogP contribution in [0.15, 0.2) is 54.9 Å². The van der Waals surface area contributed by atoms with Crippen LogP contribution in [0.2, 0.25) is 0 Å². The predicted molar refractivity (Wildman–Crippen MR) is 86.1 cm³/mol. The molecule has 6 nitrogen and oxygen atoms in total. The first-order valence-electron chi connectivity index (χ1n) is 7.28. The van der Waals surface area contributed by atoms with Gasteiger partial charge < -0.3 is 10.6 Å². The quantitative estimate of drug-likeness (QED) is 0.735. The second-order valence-electron chi connectivity index (χ2n) is 5.04. The lowest BCUT2D eigenvalue weighted by Crippen LogP contribution is -2.07. The van der Waals surface area contributed by atoms with Gasteiger partial charge in [-0.1, -0.05) is 6.07 Å². The summed E-state index contributed by atoms with van der Waals surface area (Å²) in [6.07, 6.45) is -1.24. The highest BCUT2D eigenvalue weighted by atomic mass is 19.4. The van der Waals surface area contributed by atoms with Gasteiger partial charge in [-0.15, -0.1) is 5.10 Å². The van der Waals surface area contributed by atoms with Gasteiger partial charge in [0.2, 0.25) is 5.95 Å². The van der Waals surface area contributed by atoms with Gasteiger partial charge in [0.25, 0.3) is 0 Å². The lowest BCUT2D eigenvalue weighted by atomic mass is 10.2. The van der Waals surface area contributed by atoms with Crippen LogP contribution in [-0.2, 0) is 12.7 Å². The molecule has 2 N–H and O–H groups in total. The smallest absolute Gasteiger partial charge is 0.363 e. The third-order valence-corrected chi connectivity index (χ3v) is 3.20. The van der Waals surface area contributed by atoms with E-state index in [4.69, 9.17) is 0 Å². The summed E-state index contributed by atoms with van der Waals surface area (Å²) in [5.41, 5.74) is 0.540. The summed E-state index contributed by atoms with van der Waals surface area (Å²) >= 11 is 0. The highest BCUT2D eigenvalue weighted by Crippen LogP contribution is 2.30. The Morgan fingerprint density at radius 1 is 1.00 bits per heavy atom. The van der Waals surface area contributed by atoms with Gasteiger partial charge in [0, 0.05) is 11.9 Å². The van der Waals surface area contributed by atoms with Crippen LogP contribution in [0.4, 0.5) is 30.6 Å². The highest BCUT2D eigenvalue weighted by molar-refractivity contribution is 5.54. The van der Waals surface area contributed by atoms with Crippen molar-refractivity contribution in [3.05, 3.63) is 66.1 Å². The summed E-state index contributed by atoms with van der Waals surface area (Å²) in [6, 6.07) is 10.1. The average Bonchev–Trinajstić information content (AvgIpc) is 2.61. The Balaban J connectivity index is 1.65. The first-order chi connectivity index (χ1) is 12.0. The maximum absolute atomic E-state index is 12.6. The molecule has 0 atom stereocenters. The fourth-order valence-corrected chi connectivity index (χ4v) is 2.00. The van der Waals surface area contributed by atoms with E-state index in [0.717, 1.165) is 17.8 Å². The van der Waals surface area contributed by atoms with Crippen molar-refractivity contribution in [2.75, 3.05) is 10.6 Å². The third kappa shape index (κ3) is 4.63. The largest absolute Gasteiger partial charge is 0.416 e. The van der Waals surface area contributed by atoms with Crippen molar-refractivity contribution in [1.82, 2.24) is 20.2 Å². The normalized spacial score (nSPS) is 11.2. The van der Waals surface area contributed by atoms with Gasteiger partial charge in [-0.2, -0.15) is 23.3 Å². The van der Waals surface area contributed by atoms with E-state index in [2.05, 4.69) is 30.8 Å².